The highest BCUT2D eigenvalue weighted by molar-refractivity contribution is 7.10. The van der Waals surface area contributed by atoms with E-state index in [1.165, 1.54) is 11.3 Å². The van der Waals surface area contributed by atoms with Crippen LogP contribution in [0.25, 0.3) is 0 Å². The zero-order valence-electron chi connectivity index (χ0n) is 8.69. The van der Waals surface area contributed by atoms with Gasteiger partial charge in [-0.2, -0.15) is 5.26 Å². The van der Waals surface area contributed by atoms with Crippen LogP contribution in [0.4, 0.5) is 0 Å². The molecule has 0 saturated heterocycles. The van der Waals surface area contributed by atoms with E-state index in [0.29, 0.717) is 0 Å². The van der Waals surface area contributed by atoms with Gasteiger partial charge in [-0.3, -0.25) is 9.59 Å². The van der Waals surface area contributed by atoms with Gasteiger partial charge in [-0.25, -0.2) is 0 Å². The van der Waals surface area contributed by atoms with Crippen LogP contribution in [0.5, 0.6) is 0 Å². The third kappa shape index (κ3) is 3.37. The Labute approximate surface area is 97.1 Å². The fourth-order valence-electron chi connectivity index (χ4n) is 1.07. The summed E-state index contributed by atoms with van der Waals surface area (Å²) in [5, 5.41) is 14.8. The summed E-state index contributed by atoms with van der Waals surface area (Å²) >= 11 is 1.50. The van der Waals surface area contributed by atoms with E-state index in [1.54, 1.807) is 13.0 Å². The maximum absolute atomic E-state index is 11.3. The van der Waals surface area contributed by atoms with Crippen molar-refractivity contribution in [2.24, 2.45) is 0 Å². The molecule has 5 nitrogen and oxygen atoms in total. The van der Waals surface area contributed by atoms with Gasteiger partial charge in [0.25, 0.3) is 0 Å². The van der Waals surface area contributed by atoms with E-state index in [1.807, 2.05) is 17.5 Å². The Balaban J connectivity index is 2.46. The summed E-state index contributed by atoms with van der Waals surface area (Å²) in [7, 11) is 0. The fraction of sp³-hybridized carbons (Fsp3) is 0.300. The summed E-state index contributed by atoms with van der Waals surface area (Å²) in [5.41, 5.74) is 0. The Kier molecular flexibility index (Phi) is 4.48. The molecule has 1 atom stereocenters. The Morgan fingerprint density at radius 2 is 2.31 bits per heavy atom. The summed E-state index contributed by atoms with van der Waals surface area (Å²) in [6.07, 6.45) is 0. The van der Waals surface area contributed by atoms with Crippen LogP contribution in [-0.4, -0.2) is 18.4 Å². The molecule has 1 rings (SSSR count). The average molecular weight is 237 g/mol. The smallest absolute Gasteiger partial charge is 0.310 e. The molecular weight excluding hydrogens is 226 g/mol. The molecule has 0 aliphatic rings. The van der Waals surface area contributed by atoms with Crippen molar-refractivity contribution < 1.29 is 9.59 Å². The summed E-state index contributed by atoms with van der Waals surface area (Å²) in [6, 6.07) is 5.27. The van der Waals surface area contributed by atoms with Crippen molar-refractivity contribution in [1.29, 1.82) is 5.26 Å². The number of nitrogens with one attached hydrogen (secondary N) is 2. The standard InChI is InChI=1S/C10H11N3O2S/c1-7(8-3-2-6-16-8)13-10(15)9(14)12-5-4-11/h2-3,6-7H,5H2,1H3,(H,12,14)(H,13,15). The predicted octanol–water partition coefficient (Wildman–Crippen LogP) is 0.565. The number of rotatable bonds is 3. The molecule has 0 saturated carbocycles. The number of hydrogen-bond acceptors (Lipinski definition) is 4. The van der Waals surface area contributed by atoms with Crippen LogP contribution in [-0.2, 0) is 9.59 Å². The molecule has 0 aromatic carbocycles. The molecule has 2 amide bonds. The highest BCUT2D eigenvalue weighted by Crippen LogP contribution is 2.17. The molecule has 0 bridgehead atoms. The number of thiophene rings is 1. The molecule has 2 N–H and O–H groups in total. The topological polar surface area (TPSA) is 82.0 Å². The SMILES string of the molecule is CC(NC(=O)C(=O)NCC#N)c1cccs1. The Bertz CT molecular complexity index is 408. The first-order chi connectivity index (χ1) is 7.65. The van der Waals surface area contributed by atoms with Gasteiger partial charge in [0.15, 0.2) is 0 Å². The van der Waals surface area contributed by atoms with Gasteiger partial charge in [0.05, 0.1) is 12.1 Å². The van der Waals surface area contributed by atoms with Gasteiger partial charge in [-0.15, -0.1) is 11.3 Å². The molecule has 0 spiro atoms. The van der Waals surface area contributed by atoms with Crippen LogP contribution in [0.3, 0.4) is 0 Å². The number of hydrogen-bond donors (Lipinski definition) is 2. The zero-order chi connectivity index (χ0) is 12.0. The molecule has 1 heterocycles. The van der Waals surface area contributed by atoms with E-state index in [4.69, 9.17) is 5.26 Å². The van der Waals surface area contributed by atoms with E-state index in [0.717, 1.165) is 4.88 Å². The van der Waals surface area contributed by atoms with E-state index in [9.17, 15) is 9.59 Å². The van der Waals surface area contributed by atoms with Crippen molar-refractivity contribution >= 4 is 23.2 Å². The van der Waals surface area contributed by atoms with Crippen LogP contribution in [0.1, 0.15) is 17.8 Å². The first-order valence-electron chi connectivity index (χ1n) is 4.64. The van der Waals surface area contributed by atoms with Crippen LogP contribution in [0.15, 0.2) is 17.5 Å². The minimum atomic E-state index is -0.787. The lowest BCUT2D eigenvalue weighted by Crippen LogP contribution is -2.40. The Hall–Kier alpha value is -1.87. The van der Waals surface area contributed by atoms with Gasteiger partial charge in [0, 0.05) is 4.88 Å². The van der Waals surface area contributed by atoms with Crippen LogP contribution >= 0.6 is 11.3 Å². The maximum Gasteiger partial charge on any atom is 0.310 e. The van der Waals surface area contributed by atoms with Gasteiger partial charge >= 0.3 is 11.8 Å². The first-order valence-corrected chi connectivity index (χ1v) is 5.52. The summed E-state index contributed by atoms with van der Waals surface area (Å²) in [4.78, 5) is 23.4. The highest BCUT2D eigenvalue weighted by Gasteiger charge is 2.16. The van der Waals surface area contributed by atoms with Crippen molar-refractivity contribution in [1.82, 2.24) is 10.6 Å². The molecule has 6 heteroatoms. The molecule has 16 heavy (non-hydrogen) atoms. The average Bonchev–Trinajstić information content (AvgIpc) is 2.79. The van der Waals surface area contributed by atoms with Crippen molar-refractivity contribution in [3.8, 4) is 6.07 Å². The van der Waals surface area contributed by atoms with Gasteiger partial charge in [-0.1, -0.05) is 6.07 Å². The number of amides is 2. The number of nitriles is 1. The lowest BCUT2D eigenvalue weighted by Gasteiger charge is -2.11. The molecule has 0 fully saturated rings. The minimum Gasteiger partial charge on any atom is -0.341 e. The van der Waals surface area contributed by atoms with Crippen molar-refractivity contribution in [3.63, 3.8) is 0 Å². The van der Waals surface area contributed by atoms with Crippen LogP contribution in [0, 0.1) is 11.3 Å². The quantitative estimate of drug-likeness (QED) is 0.595. The van der Waals surface area contributed by atoms with E-state index in [-0.39, 0.29) is 12.6 Å². The van der Waals surface area contributed by atoms with Crippen molar-refractivity contribution in [2.45, 2.75) is 13.0 Å². The molecule has 0 aliphatic carbocycles. The van der Waals surface area contributed by atoms with Crippen molar-refractivity contribution in [3.05, 3.63) is 22.4 Å². The van der Waals surface area contributed by atoms with E-state index in [2.05, 4.69) is 10.6 Å². The fourth-order valence-corrected chi connectivity index (χ4v) is 1.81. The monoisotopic (exact) mass is 237 g/mol. The summed E-state index contributed by atoms with van der Waals surface area (Å²) in [5.74, 6) is -1.51. The summed E-state index contributed by atoms with van der Waals surface area (Å²) in [6.45, 7) is 1.63. The molecule has 0 aliphatic heterocycles. The van der Waals surface area contributed by atoms with Gasteiger partial charge < -0.3 is 10.6 Å². The highest BCUT2D eigenvalue weighted by atomic mass is 32.1. The van der Waals surface area contributed by atoms with Crippen LogP contribution in [0.2, 0.25) is 0 Å². The van der Waals surface area contributed by atoms with Gasteiger partial charge in [0.2, 0.25) is 0 Å². The summed E-state index contributed by atoms with van der Waals surface area (Å²) < 4.78 is 0. The molecule has 1 aromatic heterocycles. The molecule has 0 radical (unpaired) electrons. The molecule has 84 valence electrons. The number of carbonyl (C=O) groups is 2. The second-order valence-corrected chi connectivity index (χ2v) is 4.03. The predicted molar refractivity (Wildman–Crippen MR) is 59.5 cm³/mol. The minimum absolute atomic E-state index is 0.167. The Morgan fingerprint density at radius 3 is 2.88 bits per heavy atom. The lowest BCUT2D eigenvalue weighted by molar-refractivity contribution is -0.139. The van der Waals surface area contributed by atoms with Gasteiger partial charge in [-0.05, 0) is 18.4 Å². The lowest BCUT2D eigenvalue weighted by atomic mass is 10.3. The molecule has 1 unspecified atom stereocenters. The number of nitrogens with zero attached hydrogens (tertiary/aromatic N) is 1. The van der Waals surface area contributed by atoms with Crippen molar-refractivity contribution in [2.75, 3.05) is 6.54 Å². The maximum atomic E-state index is 11.3. The second-order valence-electron chi connectivity index (χ2n) is 3.05. The molecule has 1 aromatic rings. The molecular formula is C10H11N3O2S. The Morgan fingerprint density at radius 1 is 1.56 bits per heavy atom. The van der Waals surface area contributed by atoms with Crippen LogP contribution < -0.4 is 10.6 Å². The third-order valence-electron chi connectivity index (χ3n) is 1.85. The number of carbonyl (C=O) groups excluding carboxylic acids is 2. The third-order valence-corrected chi connectivity index (χ3v) is 2.91. The zero-order valence-corrected chi connectivity index (χ0v) is 9.50. The van der Waals surface area contributed by atoms with E-state index >= 15 is 0 Å². The second kappa shape index (κ2) is 5.88. The first kappa shape index (κ1) is 12.2. The van der Waals surface area contributed by atoms with E-state index < -0.39 is 11.8 Å². The van der Waals surface area contributed by atoms with Gasteiger partial charge in [0.1, 0.15) is 6.54 Å². The normalized spacial score (nSPS) is 11.2. The largest absolute Gasteiger partial charge is 0.341 e.